The third-order valence-electron chi connectivity index (χ3n) is 4.04. The molecule has 0 aliphatic rings. The van der Waals surface area contributed by atoms with Gasteiger partial charge >= 0.3 is 0 Å². The Hall–Kier alpha value is -2.14. The molecule has 0 fully saturated rings. The Bertz CT molecular complexity index is 716. The monoisotopic (exact) mass is 371 g/mol. The topological polar surface area (TPSA) is 53.5 Å². The smallest absolute Gasteiger partial charge is 0.191 e. The number of hydrogen-bond donors (Lipinski definition) is 2. The Morgan fingerprint density at radius 1 is 0.962 bits per heavy atom. The van der Waals surface area contributed by atoms with Gasteiger partial charge in [-0.2, -0.15) is 0 Å². The van der Waals surface area contributed by atoms with Crippen molar-refractivity contribution in [2.45, 2.75) is 32.6 Å². The number of rotatable bonds is 9. The zero-order valence-electron chi connectivity index (χ0n) is 15.7. The average molecular weight is 372 g/mol. The van der Waals surface area contributed by atoms with Crippen LogP contribution < -0.4 is 10.6 Å². The van der Waals surface area contributed by atoms with Crippen molar-refractivity contribution in [3.63, 3.8) is 0 Å². The Balaban J connectivity index is 1.84. The Morgan fingerprint density at radius 2 is 1.65 bits per heavy atom. The molecule has 2 N–H and O–H groups in total. The summed E-state index contributed by atoms with van der Waals surface area (Å²) in [6.07, 6.45) is 1.01. The van der Waals surface area contributed by atoms with E-state index in [9.17, 15) is 4.21 Å². The lowest BCUT2D eigenvalue weighted by atomic mass is 10.1. The lowest BCUT2D eigenvalue weighted by Gasteiger charge is -2.12. The molecule has 0 aromatic heterocycles. The van der Waals surface area contributed by atoms with Crippen LogP contribution in [0, 0.1) is 0 Å². The highest BCUT2D eigenvalue weighted by Crippen LogP contribution is 2.10. The molecule has 0 aliphatic carbocycles. The molecule has 2 aromatic carbocycles. The molecular formula is C21H29N3OS. The van der Waals surface area contributed by atoms with Crippen molar-refractivity contribution in [3.05, 3.63) is 71.3 Å². The van der Waals surface area contributed by atoms with Crippen molar-refractivity contribution >= 4 is 16.8 Å². The zero-order valence-corrected chi connectivity index (χ0v) is 16.5. The molecule has 0 aliphatic heterocycles. The van der Waals surface area contributed by atoms with E-state index in [1.165, 1.54) is 11.1 Å². The summed E-state index contributed by atoms with van der Waals surface area (Å²) >= 11 is 0. The SMILES string of the molecule is CCNC(=NCc1ccccc1CC)NCCS(=O)Cc1ccccc1. The minimum Gasteiger partial charge on any atom is -0.357 e. The van der Waals surface area contributed by atoms with Crippen LogP contribution >= 0.6 is 0 Å². The van der Waals surface area contributed by atoms with Gasteiger partial charge < -0.3 is 10.6 Å². The molecule has 0 saturated carbocycles. The number of aryl methyl sites for hydroxylation is 1. The molecular weight excluding hydrogens is 342 g/mol. The second-order valence-corrected chi connectivity index (χ2v) is 7.59. The molecule has 0 saturated heterocycles. The first-order valence-corrected chi connectivity index (χ1v) is 10.7. The van der Waals surface area contributed by atoms with E-state index in [0.29, 0.717) is 24.6 Å². The first-order chi connectivity index (χ1) is 12.7. The van der Waals surface area contributed by atoms with Crippen LogP contribution in [-0.2, 0) is 29.5 Å². The van der Waals surface area contributed by atoms with Crippen LogP contribution in [-0.4, -0.2) is 29.0 Å². The summed E-state index contributed by atoms with van der Waals surface area (Å²) in [4.78, 5) is 4.67. The van der Waals surface area contributed by atoms with Gasteiger partial charge in [0, 0.05) is 35.4 Å². The van der Waals surface area contributed by atoms with Crippen LogP contribution in [0.15, 0.2) is 59.6 Å². The van der Waals surface area contributed by atoms with Crippen LogP contribution in [0.25, 0.3) is 0 Å². The summed E-state index contributed by atoms with van der Waals surface area (Å²) in [6, 6.07) is 18.4. The van der Waals surface area contributed by atoms with Crippen LogP contribution in [0.1, 0.15) is 30.5 Å². The fourth-order valence-corrected chi connectivity index (χ4v) is 3.72. The summed E-state index contributed by atoms with van der Waals surface area (Å²) in [5.74, 6) is 1.97. The lowest BCUT2D eigenvalue weighted by molar-refractivity contribution is 0.680. The predicted octanol–water partition coefficient (Wildman–Crippen LogP) is 3.25. The number of nitrogens with one attached hydrogen (secondary N) is 2. The van der Waals surface area contributed by atoms with E-state index < -0.39 is 10.8 Å². The number of guanidine groups is 1. The molecule has 2 rings (SSSR count). The summed E-state index contributed by atoms with van der Waals surface area (Å²) < 4.78 is 12.2. The van der Waals surface area contributed by atoms with Crippen LogP contribution in [0.2, 0.25) is 0 Å². The minimum atomic E-state index is -0.882. The molecule has 0 radical (unpaired) electrons. The molecule has 0 spiro atoms. The Labute approximate surface area is 159 Å². The van der Waals surface area contributed by atoms with Gasteiger partial charge in [0.05, 0.1) is 6.54 Å². The maximum Gasteiger partial charge on any atom is 0.191 e. The van der Waals surface area contributed by atoms with Gasteiger partial charge in [0.25, 0.3) is 0 Å². The van der Waals surface area contributed by atoms with E-state index in [2.05, 4.69) is 46.8 Å². The van der Waals surface area contributed by atoms with Gasteiger partial charge in [-0.1, -0.05) is 61.5 Å². The summed E-state index contributed by atoms with van der Waals surface area (Å²) in [6.45, 7) is 6.29. The summed E-state index contributed by atoms with van der Waals surface area (Å²) in [7, 11) is -0.882. The number of nitrogens with zero attached hydrogens (tertiary/aromatic N) is 1. The second kappa shape index (κ2) is 11.5. The number of benzene rings is 2. The zero-order chi connectivity index (χ0) is 18.6. The predicted molar refractivity (Wildman–Crippen MR) is 112 cm³/mol. The fourth-order valence-electron chi connectivity index (χ4n) is 2.68. The Kier molecular flexibility index (Phi) is 8.90. The standard InChI is InChI=1S/C21H29N3OS/c1-3-19-12-8-9-13-20(19)16-24-21(22-4-2)23-14-15-26(25)17-18-10-6-5-7-11-18/h5-13H,3-4,14-17H2,1-2H3,(H2,22,23,24). The first kappa shape index (κ1) is 20.2. The minimum absolute atomic E-state index is 0.597. The van der Waals surface area contributed by atoms with Crippen LogP contribution in [0.5, 0.6) is 0 Å². The molecule has 0 amide bonds. The van der Waals surface area contributed by atoms with Crippen molar-refractivity contribution in [2.75, 3.05) is 18.8 Å². The molecule has 4 nitrogen and oxygen atoms in total. The van der Waals surface area contributed by atoms with Gasteiger partial charge in [-0.3, -0.25) is 4.21 Å². The highest BCUT2D eigenvalue weighted by molar-refractivity contribution is 7.84. The highest BCUT2D eigenvalue weighted by atomic mass is 32.2. The third-order valence-corrected chi connectivity index (χ3v) is 5.36. The maximum absolute atomic E-state index is 12.2. The van der Waals surface area contributed by atoms with Crippen LogP contribution in [0.4, 0.5) is 0 Å². The fraction of sp³-hybridized carbons (Fsp3) is 0.381. The highest BCUT2D eigenvalue weighted by Gasteiger charge is 2.04. The van der Waals surface area contributed by atoms with E-state index in [-0.39, 0.29) is 0 Å². The van der Waals surface area contributed by atoms with Gasteiger partial charge in [-0.25, -0.2) is 4.99 Å². The van der Waals surface area contributed by atoms with Gasteiger partial charge in [-0.05, 0) is 30.0 Å². The van der Waals surface area contributed by atoms with Gasteiger partial charge in [0.1, 0.15) is 0 Å². The number of hydrogen-bond acceptors (Lipinski definition) is 2. The molecule has 1 atom stereocenters. The molecule has 140 valence electrons. The van der Waals surface area contributed by atoms with Crippen molar-refractivity contribution in [3.8, 4) is 0 Å². The molecule has 1 unspecified atom stereocenters. The van der Waals surface area contributed by atoms with Crippen molar-refractivity contribution in [1.29, 1.82) is 0 Å². The Morgan fingerprint density at radius 3 is 2.35 bits per heavy atom. The van der Waals surface area contributed by atoms with E-state index in [1.807, 2.05) is 37.3 Å². The second-order valence-electron chi connectivity index (χ2n) is 6.02. The molecule has 0 bridgehead atoms. The lowest BCUT2D eigenvalue weighted by Crippen LogP contribution is -2.39. The van der Waals surface area contributed by atoms with Gasteiger partial charge in [0.15, 0.2) is 5.96 Å². The quantitative estimate of drug-likeness (QED) is 0.525. The first-order valence-electron chi connectivity index (χ1n) is 9.20. The van der Waals surface area contributed by atoms with Gasteiger partial charge in [0.2, 0.25) is 0 Å². The molecule has 26 heavy (non-hydrogen) atoms. The molecule has 5 heteroatoms. The largest absolute Gasteiger partial charge is 0.357 e. The van der Waals surface area contributed by atoms with E-state index in [0.717, 1.165) is 24.5 Å². The van der Waals surface area contributed by atoms with Crippen molar-refractivity contribution in [1.82, 2.24) is 10.6 Å². The van der Waals surface area contributed by atoms with Crippen molar-refractivity contribution in [2.24, 2.45) is 4.99 Å². The summed E-state index contributed by atoms with van der Waals surface area (Å²) in [5, 5.41) is 6.54. The van der Waals surface area contributed by atoms with Crippen LogP contribution in [0.3, 0.4) is 0 Å². The molecule has 2 aromatic rings. The number of aliphatic imine (C=N–C) groups is 1. The molecule has 0 heterocycles. The van der Waals surface area contributed by atoms with E-state index in [4.69, 9.17) is 0 Å². The maximum atomic E-state index is 12.2. The summed E-state index contributed by atoms with van der Waals surface area (Å²) in [5.41, 5.74) is 3.69. The van der Waals surface area contributed by atoms with E-state index in [1.54, 1.807) is 0 Å². The average Bonchev–Trinajstić information content (AvgIpc) is 2.67. The third kappa shape index (κ3) is 7.00. The normalized spacial score (nSPS) is 12.6. The van der Waals surface area contributed by atoms with Gasteiger partial charge in [-0.15, -0.1) is 0 Å². The van der Waals surface area contributed by atoms with E-state index >= 15 is 0 Å². The van der Waals surface area contributed by atoms with Crippen molar-refractivity contribution < 1.29 is 4.21 Å².